The van der Waals surface area contributed by atoms with Crippen LogP contribution in [0.1, 0.15) is 135 Å². The lowest BCUT2D eigenvalue weighted by atomic mass is 10.1. The fraction of sp³-hybridized carbons (Fsp3) is 0.556. The van der Waals surface area contributed by atoms with Crippen LogP contribution in [0.25, 0.3) is 0 Å². The molecule has 0 saturated heterocycles. The van der Waals surface area contributed by atoms with Crippen LogP contribution in [0.5, 0.6) is 0 Å². The topological polar surface area (TPSA) is 105 Å². The summed E-state index contributed by atoms with van der Waals surface area (Å²) in [6.07, 6.45) is 66.3. The van der Waals surface area contributed by atoms with Gasteiger partial charge in [-0.2, -0.15) is 0 Å². The monoisotopic (exact) mass is 860 g/mol. The van der Waals surface area contributed by atoms with Crippen LogP contribution in [0, 0.1) is 0 Å². The number of nitrogens with zero attached hydrogens (tertiary/aromatic N) is 1. The highest BCUT2D eigenvalue weighted by molar-refractivity contribution is 5.69. The summed E-state index contributed by atoms with van der Waals surface area (Å²) < 4.78 is 16.0. The van der Waals surface area contributed by atoms with Crippen LogP contribution in [-0.2, 0) is 23.8 Å². The summed E-state index contributed by atoms with van der Waals surface area (Å²) in [6.45, 7) is 2.30. The molecule has 0 aliphatic heterocycles. The van der Waals surface area contributed by atoms with Gasteiger partial charge < -0.3 is 33.7 Å². The molecule has 0 radical (unpaired) electrons. The number of hydrogen-bond donors (Lipinski definition) is 1. The third-order valence-electron chi connectivity index (χ3n) is 9.14. The number of carbonyl (C=O) groups excluding carboxylic acids is 2. The Balaban J connectivity index is 3.65. The Kier molecular flexibility index (Phi) is 42.0. The second kappa shape index (κ2) is 45.0. The minimum absolute atomic E-state index is 0.162. The Labute approximate surface area is 378 Å². The summed E-state index contributed by atoms with van der Waals surface area (Å²) in [5.74, 6) is -1.90. The van der Waals surface area contributed by atoms with E-state index in [-0.39, 0.29) is 25.8 Å². The van der Waals surface area contributed by atoms with E-state index >= 15 is 0 Å². The fourth-order valence-corrected chi connectivity index (χ4v) is 5.54. The van der Waals surface area contributed by atoms with Crippen molar-refractivity contribution in [2.45, 2.75) is 148 Å². The van der Waals surface area contributed by atoms with Crippen molar-refractivity contribution in [3.63, 3.8) is 0 Å². The SMILES string of the molecule is CC/C=C\C/C=C\C/C=C\C/C=C\C/C=C\C/C=C\C/C=C\C/C=C\C/C=C\C/C=C\C/C=C\CCCCCCCCCC(=O)OCC(O)COC(OCC[N+](C)(C)C)C(=O)[O-]. The number of unbranched alkanes of at least 4 members (excludes halogenated alkanes) is 7. The maximum atomic E-state index is 12.0. The first-order chi connectivity index (χ1) is 30.2. The van der Waals surface area contributed by atoms with Gasteiger partial charge in [0.15, 0.2) is 6.29 Å². The summed E-state index contributed by atoms with van der Waals surface area (Å²) >= 11 is 0. The standard InChI is InChI=1S/C54H85NO7/c1-5-6-7-8-9-10-11-12-13-14-15-16-17-18-19-20-21-22-23-24-25-26-27-28-29-30-31-32-33-34-35-36-37-38-39-40-41-42-43-44-45-46-52(57)61-49-51(56)50-62-54(53(58)59)60-48-47-55(2,3)4/h6-7,9-10,12-13,15-16,18-19,21-22,24-25,27-28,30-31,33-34,36-37,51,54,56H,5,8,11,14,17,20,23,26,29,32,35,38-50H2,1-4H3/b7-6-,10-9-,13-12-,16-15-,19-18-,22-21-,25-24-,28-27-,31-30-,34-33-,37-36-. The van der Waals surface area contributed by atoms with E-state index in [9.17, 15) is 19.8 Å². The first-order valence-corrected chi connectivity index (χ1v) is 23.4. The number of ether oxygens (including phenoxy) is 3. The summed E-state index contributed by atoms with van der Waals surface area (Å²) in [5, 5.41) is 21.2. The highest BCUT2D eigenvalue weighted by atomic mass is 16.7. The second-order valence-corrected chi connectivity index (χ2v) is 16.2. The molecule has 1 N–H and O–H groups in total. The number of likely N-dealkylation sites (N-methyl/N-ethyl adjacent to an activating group) is 1. The number of aliphatic hydroxyl groups is 1. The molecule has 0 heterocycles. The van der Waals surface area contributed by atoms with E-state index in [1.54, 1.807) is 0 Å². The number of rotatable bonds is 41. The van der Waals surface area contributed by atoms with Crippen molar-refractivity contribution in [1.29, 1.82) is 0 Å². The van der Waals surface area contributed by atoms with Crippen molar-refractivity contribution < 1.29 is 38.5 Å². The molecule has 0 rings (SSSR count). The number of aliphatic carboxylic acids is 1. The van der Waals surface area contributed by atoms with Crippen LogP contribution < -0.4 is 5.11 Å². The number of carboxylic acids is 1. The number of hydrogen-bond acceptors (Lipinski definition) is 7. The van der Waals surface area contributed by atoms with Gasteiger partial charge in [-0.25, -0.2) is 0 Å². The van der Waals surface area contributed by atoms with E-state index in [2.05, 4.69) is 141 Å². The lowest BCUT2D eigenvalue weighted by Gasteiger charge is -2.26. The Morgan fingerprint density at radius 3 is 1.23 bits per heavy atom. The summed E-state index contributed by atoms with van der Waals surface area (Å²) in [4.78, 5) is 23.2. The molecule has 0 aromatic rings. The van der Waals surface area contributed by atoms with Crippen molar-refractivity contribution in [3.8, 4) is 0 Å². The van der Waals surface area contributed by atoms with Crippen LogP contribution in [0.15, 0.2) is 134 Å². The van der Waals surface area contributed by atoms with Crippen molar-refractivity contribution >= 4 is 11.9 Å². The van der Waals surface area contributed by atoms with E-state index in [1.165, 1.54) is 19.3 Å². The molecule has 0 aliphatic carbocycles. The van der Waals surface area contributed by atoms with E-state index in [1.807, 2.05) is 21.1 Å². The van der Waals surface area contributed by atoms with Crippen LogP contribution in [0.2, 0.25) is 0 Å². The number of quaternary nitrogens is 1. The normalized spacial score (nSPS) is 14.3. The zero-order valence-corrected chi connectivity index (χ0v) is 39.2. The van der Waals surface area contributed by atoms with Crippen molar-refractivity contribution in [2.75, 3.05) is 47.5 Å². The highest BCUT2D eigenvalue weighted by Gasteiger charge is 2.17. The smallest absolute Gasteiger partial charge is 0.305 e. The molecular formula is C54H85NO7. The molecule has 2 unspecified atom stereocenters. The Morgan fingerprint density at radius 2 is 0.855 bits per heavy atom. The van der Waals surface area contributed by atoms with E-state index in [4.69, 9.17) is 14.2 Å². The molecule has 0 bridgehead atoms. The molecule has 0 aromatic heterocycles. The number of aliphatic hydroxyl groups excluding tert-OH is 1. The van der Waals surface area contributed by atoms with Gasteiger partial charge in [-0.15, -0.1) is 0 Å². The zero-order valence-electron chi connectivity index (χ0n) is 39.2. The molecule has 8 nitrogen and oxygen atoms in total. The van der Waals surface area contributed by atoms with Crippen LogP contribution in [0.3, 0.4) is 0 Å². The predicted octanol–water partition coefficient (Wildman–Crippen LogP) is 11.6. The number of carboxylic acid groups (broad SMARTS) is 1. The molecule has 0 amide bonds. The van der Waals surface area contributed by atoms with Gasteiger partial charge in [0.05, 0.1) is 40.3 Å². The molecule has 0 aromatic carbocycles. The molecule has 8 heteroatoms. The van der Waals surface area contributed by atoms with Gasteiger partial charge in [-0.1, -0.05) is 173 Å². The molecule has 0 saturated carbocycles. The fourth-order valence-electron chi connectivity index (χ4n) is 5.54. The lowest BCUT2D eigenvalue weighted by molar-refractivity contribution is -0.870. The maximum Gasteiger partial charge on any atom is 0.305 e. The quantitative estimate of drug-likeness (QED) is 0.0215. The largest absolute Gasteiger partial charge is 0.545 e. The van der Waals surface area contributed by atoms with Crippen LogP contribution >= 0.6 is 0 Å². The molecule has 62 heavy (non-hydrogen) atoms. The average molecular weight is 860 g/mol. The van der Waals surface area contributed by atoms with Gasteiger partial charge in [0.1, 0.15) is 19.3 Å². The minimum Gasteiger partial charge on any atom is -0.545 e. The minimum atomic E-state index is -1.58. The molecule has 0 aliphatic rings. The average Bonchev–Trinajstić information content (AvgIpc) is 3.24. The molecule has 0 spiro atoms. The highest BCUT2D eigenvalue weighted by Crippen LogP contribution is 2.11. The van der Waals surface area contributed by atoms with E-state index < -0.39 is 18.4 Å². The first kappa shape index (κ1) is 57.9. The van der Waals surface area contributed by atoms with Crippen LogP contribution in [-0.4, -0.2) is 81.4 Å². The van der Waals surface area contributed by atoms with Gasteiger partial charge in [0.2, 0.25) is 0 Å². The van der Waals surface area contributed by atoms with Gasteiger partial charge in [-0.3, -0.25) is 4.79 Å². The summed E-state index contributed by atoms with van der Waals surface area (Å²) in [7, 11) is 5.86. The molecular weight excluding hydrogens is 775 g/mol. The van der Waals surface area contributed by atoms with E-state index in [0.29, 0.717) is 17.4 Å². The van der Waals surface area contributed by atoms with E-state index in [0.717, 1.165) is 103 Å². The summed E-state index contributed by atoms with van der Waals surface area (Å²) in [6, 6.07) is 0. The third-order valence-corrected chi connectivity index (χ3v) is 9.14. The Morgan fingerprint density at radius 1 is 0.500 bits per heavy atom. The van der Waals surface area contributed by atoms with Gasteiger partial charge in [0, 0.05) is 6.42 Å². The van der Waals surface area contributed by atoms with Gasteiger partial charge in [-0.05, 0) is 89.9 Å². The van der Waals surface area contributed by atoms with Crippen molar-refractivity contribution in [2.24, 2.45) is 0 Å². The number of allylic oxidation sites excluding steroid dienone is 22. The second-order valence-electron chi connectivity index (χ2n) is 16.2. The van der Waals surface area contributed by atoms with Crippen LogP contribution in [0.4, 0.5) is 0 Å². The Hall–Kier alpha value is -4.08. The number of esters is 1. The first-order valence-electron chi connectivity index (χ1n) is 23.4. The zero-order chi connectivity index (χ0) is 45.5. The van der Waals surface area contributed by atoms with Crippen molar-refractivity contribution in [3.05, 3.63) is 134 Å². The maximum absolute atomic E-state index is 12.0. The molecule has 2 atom stereocenters. The predicted molar refractivity (Wildman–Crippen MR) is 259 cm³/mol. The third kappa shape index (κ3) is 47.0. The molecule has 0 fully saturated rings. The lowest BCUT2D eigenvalue weighted by Crippen LogP contribution is -2.44. The van der Waals surface area contributed by atoms with Gasteiger partial charge >= 0.3 is 5.97 Å². The number of carbonyl (C=O) groups is 2. The molecule has 348 valence electrons. The Bertz CT molecular complexity index is 1400. The summed E-state index contributed by atoms with van der Waals surface area (Å²) in [5.41, 5.74) is 0. The van der Waals surface area contributed by atoms with Gasteiger partial charge in [0.25, 0.3) is 0 Å². The van der Waals surface area contributed by atoms with Crippen molar-refractivity contribution in [1.82, 2.24) is 0 Å².